The van der Waals surface area contributed by atoms with Crippen LogP contribution in [0.1, 0.15) is 22.6 Å². The average Bonchev–Trinajstić information content (AvgIpc) is 3.17. The number of nitrogens with one attached hydrogen (secondary N) is 2. The molecule has 2 N–H and O–H groups in total. The molecule has 0 bridgehead atoms. The molecular formula is C22H19Cl2N3O3. The molecule has 6 nitrogen and oxygen atoms in total. The van der Waals surface area contributed by atoms with Crippen LogP contribution in [0.3, 0.4) is 0 Å². The quantitative estimate of drug-likeness (QED) is 0.419. The molecule has 3 rings (SSSR count). The second-order valence-corrected chi connectivity index (χ2v) is 7.41. The molecule has 3 aromatic rings. The topological polar surface area (TPSA) is 83.7 Å². The van der Waals surface area contributed by atoms with Gasteiger partial charge in [0.15, 0.2) is 0 Å². The van der Waals surface area contributed by atoms with Crippen molar-refractivity contribution in [1.29, 1.82) is 0 Å². The first kappa shape index (κ1) is 21.6. The fourth-order valence-corrected chi connectivity index (χ4v) is 2.81. The minimum Gasteiger partial charge on any atom is -0.458 e. The SMILES string of the molecule is Cc1ccc(NC(=O)C(=O)NCc2ccc(C=Nc3ccc(Cl)c(Cl)c3)o2)cc1C. The summed E-state index contributed by atoms with van der Waals surface area (Å²) in [6, 6.07) is 13.9. The Morgan fingerprint density at radius 3 is 2.50 bits per heavy atom. The summed E-state index contributed by atoms with van der Waals surface area (Å²) in [4.78, 5) is 28.3. The van der Waals surface area contributed by atoms with E-state index in [0.717, 1.165) is 11.1 Å². The van der Waals surface area contributed by atoms with Crippen LogP contribution in [0.15, 0.2) is 57.9 Å². The maximum absolute atomic E-state index is 12.1. The summed E-state index contributed by atoms with van der Waals surface area (Å²) in [7, 11) is 0. The van der Waals surface area contributed by atoms with E-state index in [4.69, 9.17) is 27.6 Å². The van der Waals surface area contributed by atoms with Crippen LogP contribution in [0, 0.1) is 13.8 Å². The van der Waals surface area contributed by atoms with E-state index in [2.05, 4.69) is 15.6 Å². The predicted molar refractivity (Wildman–Crippen MR) is 119 cm³/mol. The zero-order chi connectivity index (χ0) is 21.7. The molecule has 0 radical (unpaired) electrons. The number of hydrogen-bond donors (Lipinski definition) is 2. The van der Waals surface area contributed by atoms with Crippen molar-refractivity contribution in [2.45, 2.75) is 20.4 Å². The van der Waals surface area contributed by atoms with Crippen LogP contribution in [-0.4, -0.2) is 18.0 Å². The monoisotopic (exact) mass is 443 g/mol. The first-order valence-corrected chi connectivity index (χ1v) is 9.81. The number of amides is 2. The number of furan rings is 1. The van der Waals surface area contributed by atoms with E-state index in [1.54, 1.807) is 36.4 Å². The normalized spacial score (nSPS) is 10.9. The molecule has 1 heterocycles. The van der Waals surface area contributed by atoms with Crippen molar-refractivity contribution in [2.75, 3.05) is 5.32 Å². The van der Waals surface area contributed by atoms with Crippen LogP contribution in [-0.2, 0) is 16.1 Å². The fourth-order valence-electron chi connectivity index (χ4n) is 2.52. The molecule has 1 aromatic heterocycles. The molecule has 2 aromatic carbocycles. The van der Waals surface area contributed by atoms with Gasteiger partial charge in [-0.25, -0.2) is 0 Å². The third-order valence-electron chi connectivity index (χ3n) is 4.32. The number of aryl methyl sites for hydroxylation is 2. The summed E-state index contributed by atoms with van der Waals surface area (Å²) in [5.41, 5.74) is 3.32. The zero-order valence-electron chi connectivity index (χ0n) is 16.3. The lowest BCUT2D eigenvalue weighted by molar-refractivity contribution is -0.136. The zero-order valence-corrected chi connectivity index (χ0v) is 17.8. The maximum Gasteiger partial charge on any atom is 0.313 e. The van der Waals surface area contributed by atoms with Gasteiger partial charge in [0.05, 0.1) is 28.5 Å². The number of anilines is 1. The van der Waals surface area contributed by atoms with Gasteiger partial charge in [0.2, 0.25) is 0 Å². The van der Waals surface area contributed by atoms with Crippen molar-refractivity contribution in [3.8, 4) is 0 Å². The molecule has 30 heavy (non-hydrogen) atoms. The number of nitrogens with zero attached hydrogens (tertiary/aromatic N) is 1. The smallest absolute Gasteiger partial charge is 0.313 e. The third-order valence-corrected chi connectivity index (χ3v) is 5.06. The van der Waals surface area contributed by atoms with Crippen LogP contribution in [0.5, 0.6) is 0 Å². The molecule has 0 aliphatic rings. The number of aliphatic imine (C=N–C) groups is 1. The van der Waals surface area contributed by atoms with E-state index in [-0.39, 0.29) is 6.54 Å². The second kappa shape index (κ2) is 9.61. The number of carbonyl (C=O) groups is 2. The summed E-state index contributed by atoms with van der Waals surface area (Å²) in [6.45, 7) is 3.98. The predicted octanol–water partition coefficient (Wildman–Crippen LogP) is 5.21. The molecule has 154 valence electrons. The summed E-state index contributed by atoms with van der Waals surface area (Å²) in [5, 5.41) is 5.96. The molecular weight excluding hydrogens is 425 g/mol. The van der Waals surface area contributed by atoms with Crippen LogP contribution in [0.4, 0.5) is 11.4 Å². The number of halogens is 2. The Balaban J connectivity index is 1.53. The standard InChI is InChI=1S/C22H19Cl2N3O3/c1-13-3-4-16(9-14(13)2)27-22(29)21(28)26-12-18-7-6-17(30-18)11-25-15-5-8-19(23)20(24)10-15/h3-11H,12H2,1-2H3,(H,26,28)(H,27,29). The van der Waals surface area contributed by atoms with Gasteiger partial charge in [-0.05, 0) is 67.4 Å². The minimum absolute atomic E-state index is 0.0692. The highest BCUT2D eigenvalue weighted by Gasteiger charge is 2.14. The van der Waals surface area contributed by atoms with E-state index in [1.807, 2.05) is 26.0 Å². The highest BCUT2D eigenvalue weighted by Crippen LogP contribution is 2.26. The van der Waals surface area contributed by atoms with E-state index >= 15 is 0 Å². The van der Waals surface area contributed by atoms with Gasteiger partial charge < -0.3 is 15.1 Å². The minimum atomic E-state index is -0.754. The van der Waals surface area contributed by atoms with Crippen LogP contribution in [0.25, 0.3) is 0 Å². The van der Waals surface area contributed by atoms with Crippen molar-refractivity contribution >= 4 is 52.6 Å². The average molecular weight is 444 g/mol. The number of hydrogen-bond acceptors (Lipinski definition) is 4. The first-order valence-electron chi connectivity index (χ1n) is 9.06. The number of rotatable bonds is 5. The summed E-state index contributed by atoms with van der Waals surface area (Å²) < 4.78 is 5.58. The highest BCUT2D eigenvalue weighted by atomic mass is 35.5. The van der Waals surface area contributed by atoms with Crippen molar-refractivity contribution in [3.63, 3.8) is 0 Å². The van der Waals surface area contributed by atoms with E-state index < -0.39 is 11.8 Å². The molecule has 0 spiro atoms. The van der Waals surface area contributed by atoms with Gasteiger partial charge >= 0.3 is 11.8 Å². The third kappa shape index (κ3) is 5.72. The largest absolute Gasteiger partial charge is 0.458 e. The maximum atomic E-state index is 12.1. The lowest BCUT2D eigenvalue weighted by Gasteiger charge is -2.07. The molecule has 8 heteroatoms. The highest BCUT2D eigenvalue weighted by molar-refractivity contribution is 6.42. The van der Waals surface area contributed by atoms with E-state index in [9.17, 15) is 9.59 Å². The molecule has 0 saturated carbocycles. The Morgan fingerprint density at radius 2 is 1.77 bits per heavy atom. The Bertz CT molecular complexity index is 1120. The Morgan fingerprint density at radius 1 is 0.967 bits per heavy atom. The van der Waals surface area contributed by atoms with Crippen molar-refractivity contribution in [2.24, 2.45) is 4.99 Å². The van der Waals surface area contributed by atoms with Crippen LogP contribution in [0.2, 0.25) is 10.0 Å². The molecule has 2 amide bonds. The Labute approximate surface area is 183 Å². The summed E-state index contributed by atoms with van der Waals surface area (Å²) >= 11 is 11.8. The molecule has 0 aliphatic carbocycles. The molecule has 0 unspecified atom stereocenters. The first-order chi connectivity index (χ1) is 14.3. The number of carbonyl (C=O) groups excluding carboxylic acids is 2. The van der Waals surface area contributed by atoms with E-state index in [1.165, 1.54) is 6.21 Å². The molecule has 0 aliphatic heterocycles. The van der Waals surface area contributed by atoms with Gasteiger partial charge in [0.25, 0.3) is 0 Å². The summed E-state index contributed by atoms with van der Waals surface area (Å²) in [5.74, 6) is -0.523. The van der Waals surface area contributed by atoms with Gasteiger partial charge in [-0.2, -0.15) is 0 Å². The van der Waals surface area contributed by atoms with E-state index in [0.29, 0.717) is 32.9 Å². The Kier molecular flexibility index (Phi) is 6.92. The van der Waals surface area contributed by atoms with Gasteiger partial charge in [-0.3, -0.25) is 14.6 Å². The van der Waals surface area contributed by atoms with Crippen molar-refractivity contribution < 1.29 is 14.0 Å². The summed E-state index contributed by atoms with van der Waals surface area (Å²) in [6.07, 6.45) is 1.53. The van der Waals surface area contributed by atoms with Crippen molar-refractivity contribution in [1.82, 2.24) is 5.32 Å². The van der Waals surface area contributed by atoms with Gasteiger partial charge in [0.1, 0.15) is 11.5 Å². The molecule has 0 atom stereocenters. The van der Waals surface area contributed by atoms with Gasteiger partial charge in [0, 0.05) is 5.69 Å². The number of benzene rings is 2. The van der Waals surface area contributed by atoms with Crippen LogP contribution >= 0.6 is 23.2 Å². The lowest BCUT2D eigenvalue weighted by Crippen LogP contribution is -2.34. The van der Waals surface area contributed by atoms with Gasteiger partial charge in [-0.1, -0.05) is 29.3 Å². The second-order valence-electron chi connectivity index (χ2n) is 6.60. The molecule has 0 saturated heterocycles. The van der Waals surface area contributed by atoms with Crippen molar-refractivity contribution in [3.05, 3.63) is 81.2 Å². The molecule has 0 fully saturated rings. The lowest BCUT2D eigenvalue weighted by atomic mass is 10.1. The van der Waals surface area contributed by atoms with Crippen LogP contribution < -0.4 is 10.6 Å². The van der Waals surface area contributed by atoms with Gasteiger partial charge in [-0.15, -0.1) is 0 Å². The fraction of sp³-hybridized carbons (Fsp3) is 0.136. The Hall–Kier alpha value is -3.09.